The fourth-order valence-corrected chi connectivity index (χ4v) is 2.15. The normalized spacial score (nSPS) is 14.2. The molecule has 0 saturated heterocycles. The maximum Gasteiger partial charge on any atom is 0.326 e. The Morgan fingerprint density at radius 2 is 1.64 bits per heavy atom. The standard InChI is InChI=1S/C15H21N3O6S/c16-10(6-19)13(21)18-12(7-25)14(22)17-11(15(23)24)5-8-1-3-9(20)4-2-8/h1-4,10-12,19-20,25H,5-7,16H2,(H,17,22)(H,18,21)(H,23,24)/t10-,11-,12-/m0/s1. The van der Waals surface area contributed by atoms with Crippen molar-refractivity contribution in [1.82, 2.24) is 10.6 Å². The highest BCUT2D eigenvalue weighted by Crippen LogP contribution is 2.11. The van der Waals surface area contributed by atoms with E-state index >= 15 is 0 Å². The summed E-state index contributed by atoms with van der Waals surface area (Å²) in [7, 11) is 0. The predicted molar refractivity (Wildman–Crippen MR) is 92.2 cm³/mol. The third-order valence-electron chi connectivity index (χ3n) is 3.34. The number of phenols is 1. The molecule has 7 N–H and O–H groups in total. The highest BCUT2D eigenvalue weighted by Gasteiger charge is 2.27. The summed E-state index contributed by atoms with van der Waals surface area (Å²) in [6, 6.07) is 2.36. The van der Waals surface area contributed by atoms with E-state index in [1.807, 2.05) is 0 Å². The minimum Gasteiger partial charge on any atom is -0.508 e. The molecule has 0 spiro atoms. The number of phenolic OH excluding ortho intramolecular Hbond substituents is 1. The van der Waals surface area contributed by atoms with Gasteiger partial charge in [-0.15, -0.1) is 0 Å². The first-order valence-electron chi connectivity index (χ1n) is 7.37. The van der Waals surface area contributed by atoms with Crippen LogP contribution in [0.2, 0.25) is 0 Å². The van der Waals surface area contributed by atoms with Gasteiger partial charge in [0.15, 0.2) is 0 Å². The summed E-state index contributed by atoms with van der Waals surface area (Å²) in [5.41, 5.74) is 5.95. The second-order valence-corrected chi connectivity index (χ2v) is 5.67. The number of nitrogens with one attached hydrogen (secondary N) is 2. The van der Waals surface area contributed by atoms with Crippen LogP contribution < -0.4 is 16.4 Å². The Balaban J connectivity index is 2.75. The molecule has 3 atom stereocenters. The lowest BCUT2D eigenvalue weighted by Gasteiger charge is -2.21. The van der Waals surface area contributed by atoms with Crippen LogP contribution in [0, 0.1) is 0 Å². The first-order chi connectivity index (χ1) is 11.8. The van der Waals surface area contributed by atoms with E-state index in [0.29, 0.717) is 5.56 Å². The van der Waals surface area contributed by atoms with E-state index in [4.69, 9.17) is 10.8 Å². The predicted octanol–water partition coefficient (Wildman–Crippen LogP) is -1.76. The molecular weight excluding hydrogens is 350 g/mol. The number of carboxylic acids is 1. The Morgan fingerprint density at radius 1 is 1.08 bits per heavy atom. The molecule has 0 aliphatic heterocycles. The molecule has 0 aliphatic carbocycles. The van der Waals surface area contributed by atoms with Crippen LogP contribution in [0.3, 0.4) is 0 Å². The van der Waals surface area contributed by atoms with Gasteiger partial charge in [-0.3, -0.25) is 9.59 Å². The molecule has 0 bridgehead atoms. The third kappa shape index (κ3) is 6.61. The van der Waals surface area contributed by atoms with Crippen molar-refractivity contribution in [2.45, 2.75) is 24.5 Å². The lowest BCUT2D eigenvalue weighted by atomic mass is 10.1. The molecule has 138 valence electrons. The Bertz CT molecular complexity index is 610. The molecule has 1 aromatic carbocycles. The van der Waals surface area contributed by atoms with Crippen molar-refractivity contribution in [2.75, 3.05) is 12.4 Å². The van der Waals surface area contributed by atoms with E-state index in [1.54, 1.807) is 0 Å². The molecule has 1 aromatic rings. The van der Waals surface area contributed by atoms with Crippen molar-refractivity contribution in [2.24, 2.45) is 5.73 Å². The molecule has 0 aliphatic rings. The number of benzene rings is 1. The first-order valence-corrected chi connectivity index (χ1v) is 8.00. The van der Waals surface area contributed by atoms with Crippen molar-refractivity contribution in [3.63, 3.8) is 0 Å². The third-order valence-corrected chi connectivity index (χ3v) is 3.70. The summed E-state index contributed by atoms with van der Waals surface area (Å²) in [5, 5.41) is 32.0. The molecule has 0 heterocycles. The van der Waals surface area contributed by atoms with Crippen molar-refractivity contribution in [3.8, 4) is 5.75 Å². The van der Waals surface area contributed by atoms with Gasteiger partial charge in [-0.1, -0.05) is 12.1 Å². The SMILES string of the molecule is N[C@@H](CO)C(=O)N[C@@H](CS)C(=O)N[C@@H](Cc1ccc(O)cc1)C(=O)O. The number of carbonyl (C=O) groups excluding carboxylic acids is 2. The maximum atomic E-state index is 12.2. The number of amides is 2. The van der Waals surface area contributed by atoms with E-state index in [9.17, 15) is 24.6 Å². The van der Waals surface area contributed by atoms with Gasteiger partial charge in [0, 0.05) is 12.2 Å². The number of hydrogen-bond acceptors (Lipinski definition) is 7. The zero-order valence-corrected chi connectivity index (χ0v) is 14.1. The maximum absolute atomic E-state index is 12.2. The minimum absolute atomic E-state index is 0.00918. The van der Waals surface area contributed by atoms with Crippen LogP contribution in [0.4, 0.5) is 0 Å². The number of nitrogens with two attached hydrogens (primary N) is 1. The first kappa shape index (κ1) is 20.7. The van der Waals surface area contributed by atoms with Crippen LogP contribution in [0.1, 0.15) is 5.56 Å². The van der Waals surface area contributed by atoms with Crippen LogP contribution >= 0.6 is 12.6 Å². The van der Waals surface area contributed by atoms with Gasteiger partial charge >= 0.3 is 5.97 Å². The molecule has 0 fully saturated rings. The number of carbonyl (C=O) groups is 3. The summed E-state index contributed by atoms with van der Waals surface area (Å²) in [6.45, 7) is -0.592. The van der Waals surface area contributed by atoms with Gasteiger partial charge < -0.3 is 31.7 Å². The fraction of sp³-hybridized carbons (Fsp3) is 0.400. The van der Waals surface area contributed by atoms with E-state index in [1.165, 1.54) is 24.3 Å². The Hall–Kier alpha value is -2.30. The van der Waals surface area contributed by atoms with Gasteiger partial charge in [-0.2, -0.15) is 12.6 Å². The highest BCUT2D eigenvalue weighted by molar-refractivity contribution is 7.80. The van der Waals surface area contributed by atoms with Crippen LogP contribution in [0.5, 0.6) is 5.75 Å². The minimum atomic E-state index is -1.25. The van der Waals surface area contributed by atoms with Crippen molar-refractivity contribution in [1.29, 1.82) is 0 Å². The van der Waals surface area contributed by atoms with Crippen molar-refractivity contribution in [3.05, 3.63) is 29.8 Å². The average molecular weight is 371 g/mol. The van der Waals surface area contributed by atoms with Crippen LogP contribution in [-0.2, 0) is 20.8 Å². The Morgan fingerprint density at radius 3 is 2.12 bits per heavy atom. The molecule has 25 heavy (non-hydrogen) atoms. The van der Waals surface area contributed by atoms with Gasteiger partial charge in [0.05, 0.1) is 6.61 Å². The number of aliphatic hydroxyl groups excluding tert-OH is 1. The van der Waals surface area contributed by atoms with E-state index in [0.717, 1.165) is 0 Å². The second kappa shape index (κ2) is 9.87. The molecule has 0 unspecified atom stereocenters. The summed E-state index contributed by atoms with van der Waals surface area (Å²) in [6.07, 6.45) is -0.00918. The number of aliphatic hydroxyl groups is 1. The largest absolute Gasteiger partial charge is 0.508 e. The number of thiol groups is 1. The molecule has 9 nitrogen and oxygen atoms in total. The quantitative estimate of drug-likeness (QED) is 0.253. The molecule has 1 rings (SSSR count). The molecular formula is C15H21N3O6S. The Labute approximate surface area is 149 Å². The topological polar surface area (TPSA) is 162 Å². The average Bonchev–Trinajstić information content (AvgIpc) is 2.59. The lowest BCUT2D eigenvalue weighted by molar-refractivity contribution is -0.142. The zero-order valence-electron chi connectivity index (χ0n) is 13.3. The second-order valence-electron chi connectivity index (χ2n) is 5.30. The van der Waals surface area contributed by atoms with Crippen molar-refractivity contribution < 1.29 is 29.7 Å². The smallest absolute Gasteiger partial charge is 0.326 e. The van der Waals surface area contributed by atoms with E-state index in [2.05, 4.69) is 23.3 Å². The zero-order chi connectivity index (χ0) is 19.0. The number of aliphatic carboxylic acids is 1. The molecule has 0 saturated carbocycles. The Kier molecular flexibility index (Phi) is 8.19. The van der Waals surface area contributed by atoms with Gasteiger partial charge in [-0.05, 0) is 17.7 Å². The highest BCUT2D eigenvalue weighted by atomic mass is 32.1. The van der Waals surface area contributed by atoms with Crippen LogP contribution in [0.15, 0.2) is 24.3 Å². The van der Waals surface area contributed by atoms with Gasteiger partial charge in [0.2, 0.25) is 11.8 Å². The fourth-order valence-electron chi connectivity index (χ4n) is 1.90. The lowest BCUT2D eigenvalue weighted by Crippen LogP contribution is -2.56. The molecule has 0 aromatic heterocycles. The summed E-state index contributed by atoms with van der Waals surface area (Å²) < 4.78 is 0. The monoisotopic (exact) mass is 371 g/mol. The number of rotatable bonds is 9. The summed E-state index contributed by atoms with van der Waals surface area (Å²) in [5.74, 6) is -2.78. The summed E-state index contributed by atoms with van der Waals surface area (Å²) >= 11 is 3.96. The van der Waals surface area contributed by atoms with E-state index in [-0.39, 0.29) is 17.9 Å². The number of aromatic hydroxyl groups is 1. The number of hydrogen-bond donors (Lipinski definition) is 7. The number of carboxylic acid groups (broad SMARTS) is 1. The van der Waals surface area contributed by atoms with Gasteiger partial charge in [-0.25, -0.2) is 4.79 Å². The van der Waals surface area contributed by atoms with Crippen LogP contribution in [0.25, 0.3) is 0 Å². The van der Waals surface area contributed by atoms with Gasteiger partial charge in [0.25, 0.3) is 0 Å². The molecule has 10 heteroatoms. The van der Waals surface area contributed by atoms with Crippen LogP contribution in [-0.4, -0.2) is 63.6 Å². The molecule has 2 amide bonds. The van der Waals surface area contributed by atoms with E-state index < -0.39 is 42.5 Å². The molecule has 0 radical (unpaired) electrons. The summed E-state index contributed by atoms with van der Waals surface area (Å²) in [4.78, 5) is 35.2. The van der Waals surface area contributed by atoms with Crippen molar-refractivity contribution >= 4 is 30.4 Å². The van der Waals surface area contributed by atoms with Gasteiger partial charge in [0.1, 0.15) is 23.9 Å².